The highest BCUT2D eigenvalue weighted by atomic mass is 127. The fraction of sp³-hybridized carbons (Fsp3) is 0.312. The second-order valence-corrected chi connectivity index (χ2v) is 7.38. The number of piperazine rings is 1. The number of halogens is 1. The van der Waals surface area contributed by atoms with Crippen molar-refractivity contribution in [2.75, 3.05) is 31.1 Å². The van der Waals surface area contributed by atoms with E-state index in [1.165, 1.54) is 6.07 Å². The van der Waals surface area contributed by atoms with Crippen molar-refractivity contribution in [1.29, 1.82) is 0 Å². The van der Waals surface area contributed by atoms with E-state index in [-0.39, 0.29) is 35.4 Å². The molecular weight excluding hydrogens is 481 g/mol. The van der Waals surface area contributed by atoms with E-state index < -0.39 is 10.0 Å². The number of nitrogens with zero attached hydrogens (tertiary/aromatic N) is 5. The lowest BCUT2D eigenvalue weighted by Gasteiger charge is -2.35. The minimum atomic E-state index is -3.79. The first-order valence-corrected chi connectivity index (χ1v) is 9.67. The summed E-state index contributed by atoms with van der Waals surface area (Å²) in [5.74, 6) is 1.08. The van der Waals surface area contributed by atoms with Gasteiger partial charge in [-0.1, -0.05) is 18.2 Å². The second kappa shape index (κ2) is 9.28. The van der Waals surface area contributed by atoms with Gasteiger partial charge in [-0.05, 0) is 17.7 Å². The molecule has 1 aromatic heterocycles. The molecule has 2 heterocycles. The number of hydrogen-bond donors (Lipinski definition) is 2. The number of anilines is 1. The van der Waals surface area contributed by atoms with Crippen molar-refractivity contribution in [2.45, 2.75) is 11.4 Å². The molecule has 0 amide bonds. The summed E-state index contributed by atoms with van der Waals surface area (Å²) in [7, 11) is -3.79. The van der Waals surface area contributed by atoms with Crippen molar-refractivity contribution >= 4 is 45.9 Å². The van der Waals surface area contributed by atoms with Gasteiger partial charge >= 0.3 is 0 Å². The lowest BCUT2D eigenvalue weighted by atomic mass is 10.2. The summed E-state index contributed by atoms with van der Waals surface area (Å²) < 4.78 is 23.3. The summed E-state index contributed by atoms with van der Waals surface area (Å²) in [6.45, 7) is 2.98. The van der Waals surface area contributed by atoms with Crippen LogP contribution in [-0.4, -0.2) is 55.4 Å². The van der Waals surface area contributed by atoms with Crippen molar-refractivity contribution in [2.24, 2.45) is 15.9 Å². The van der Waals surface area contributed by atoms with Gasteiger partial charge < -0.3 is 15.5 Å². The van der Waals surface area contributed by atoms with E-state index in [1.807, 2.05) is 4.90 Å². The van der Waals surface area contributed by atoms with E-state index >= 15 is 0 Å². The molecule has 4 N–H and O–H groups in total. The predicted octanol–water partition coefficient (Wildman–Crippen LogP) is 0.379. The first-order chi connectivity index (χ1) is 12.4. The van der Waals surface area contributed by atoms with Gasteiger partial charge in [0.1, 0.15) is 0 Å². The average Bonchev–Trinajstić information content (AvgIpc) is 2.66. The summed E-state index contributed by atoms with van der Waals surface area (Å²) >= 11 is 0. The molecule has 3 rings (SSSR count). The van der Waals surface area contributed by atoms with Crippen LogP contribution in [0.4, 0.5) is 5.95 Å². The molecule has 0 atom stereocenters. The lowest BCUT2D eigenvalue weighted by molar-refractivity contribution is 0.378. The zero-order chi connectivity index (χ0) is 18.6. The molecule has 0 bridgehead atoms. The molecule has 146 valence electrons. The molecule has 1 fully saturated rings. The fourth-order valence-corrected chi connectivity index (χ4v) is 3.53. The minimum Gasteiger partial charge on any atom is -0.370 e. The summed E-state index contributed by atoms with van der Waals surface area (Å²) in [5.41, 5.74) is 6.61. The maximum atomic E-state index is 11.6. The quantitative estimate of drug-likeness (QED) is 0.351. The van der Waals surface area contributed by atoms with Crippen molar-refractivity contribution in [3.8, 4) is 0 Å². The van der Waals surface area contributed by atoms with E-state index in [0.717, 1.165) is 13.1 Å². The highest BCUT2D eigenvalue weighted by Gasteiger charge is 2.20. The van der Waals surface area contributed by atoms with Crippen LogP contribution in [0.5, 0.6) is 0 Å². The molecule has 0 spiro atoms. The Morgan fingerprint density at radius 2 is 1.70 bits per heavy atom. The standard InChI is InChI=1S/C16H21N7O2S.HI/c17-15(21-12-13-4-1-2-5-14(13)26(18,24)25)22-8-10-23(11-9-22)16-19-6-3-7-20-16;/h1-7H,8-12H2,(H2,17,21)(H2,18,24,25);1H. The number of rotatable bonds is 4. The SMILES string of the molecule is I.NC(=NCc1ccccc1S(N)(=O)=O)N1CCN(c2ncccn2)CC1. The van der Waals surface area contributed by atoms with Crippen LogP contribution in [0.25, 0.3) is 0 Å². The molecule has 27 heavy (non-hydrogen) atoms. The monoisotopic (exact) mass is 503 g/mol. The van der Waals surface area contributed by atoms with Crippen molar-refractivity contribution in [3.63, 3.8) is 0 Å². The van der Waals surface area contributed by atoms with E-state index in [0.29, 0.717) is 30.6 Å². The van der Waals surface area contributed by atoms with Crippen LogP contribution in [0, 0.1) is 0 Å². The molecule has 1 saturated heterocycles. The Balaban J connectivity index is 0.00000261. The smallest absolute Gasteiger partial charge is 0.238 e. The normalized spacial score (nSPS) is 15.4. The van der Waals surface area contributed by atoms with Gasteiger partial charge in [0.05, 0.1) is 11.4 Å². The van der Waals surface area contributed by atoms with Gasteiger partial charge in [0.25, 0.3) is 0 Å². The highest BCUT2D eigenvalue weighted by Crippen LogP contribution is 2.15. The molecule has 0 unspecified atom stereocenters. The molecular formula is C16H22IN7O2S. The summed E-state index contributed by atoms with van der Waals surface area (Å²) in [6, 6.07) is 8.30. The number of guanidine groups is 1. The van der Waals surface area contributed by atoms with Gasteiger partial charge in [-0.2, -0.15) is 0 Å². The van der Waals surface area contributed by atoms with Gasteiger partial charge in [0.15, 0.2) is 5.96 Å². The molecule has 2 aromatic rings. The number of hydrogen-bond acceptors (Lipinski definition) is 6. The van der Waals surface area contributed by atoms with Crippen molar-refractivity contribution in [3.05, 3.63) is 48.3 Å². The molecule has 9 nitrogen and oxygen atoms in total. The Morgan fingerprint density at radius 3 is 2.33 bits per heavy atom. The maximum absolute atomic E-state index is 11.6. The largest absolute Gasteiger partial charge is 0.370 e. The van der Waals surface area contributed by atoms with Crippen LogP contribution in [0.2, 0.25) is 0 Å². The van der Waals surface area contributed by atoms with Gasteiger partial charge in [-0.15, -0.1) is 24.0 Å². The number of aromatic nitrogens is 2. The topological polar surface area (TPSA) is 131 Å². The summed E-state index contributed by atoms with van der Waals surface area (Å²) in [4.78, 5) is 16.9. The maximum Gasteiger partial charge on any atom is 0.238 e. The van der Waals surface area contributed by atoms with Gasteiger partial charge in [0.2, 0.25) is 16.0 Å². The second-order valence-electron chi connectivity index (χ2n) is 5.85. The Kier molecular flexibility index (Phi) is 7.33. The lowest BCUT2D eigenvalue weighted by Crippen LogP contribution is -2.51. The number of aliphatic imine (C=N–C) groups is 1. The van der Waals surface area contributed by atoms with Crippen LogP contribution in [-0.2, 0) is 16.6 Å². The first kappa shape index (κ1) is 21.3. The van der Waals surface area contributed by atoms with Crippen LogP contribution in [0.1, 0.15) is 5.56 Å². The Labute approximate surface area is 175 Å². The number of benzene rings is 1. The molecule has 1 aliphatic rings. The van der Waals surface area contributed by atoms with Crippen molar-refractivity contribution < 1.29 is 8.42 Å². The van der Waals surface area contributed by atoms with E-state index in [4.69, 9.17) is 10.9 Å². The third-order valence-corrected chi connectivity index (χ3v) is 5.14. The average molecular weight is 503 g/mol. The highest BCUT2D eigenvalue weighted by molar-refractivity contribution is 14.0. The minimum absolute atomic E-state index is 0. The Morgan fingerprint density at radius 1 is 1.07 bits per heavy atom. The van der Waals surface area contributed by atoms with Gasteiger partial charge in [0, 0.05) is 38.6 Å². The van der Waals surface area contributed by atoms with Crippen molar-refractivity contribution in [1.82, 2.24) is 14.9 Å². The molecule has 1 aromatic carbocycles. The zero-order valence-electron chi connectivity index (χ0n) is 14.6. The van der Waals surface area contributed by atoms with Gasteiger partial charge in [-0.25, -0.2) is 28.5 Å². The molecule has 11 heteroatoms. The van der Waals surface area contributed by atoms with E-state index in [1.54, 1.807) is 36.7 Å². The number of primary sulfonamides is 1. The molecule has 0 aliphatic carbocycles. The molecule has 0 saturated carbocycles. The van der Waals surface area contributed by atoms with Crippen LogP contribution < -0.4 is 15.8 Å². The third-order valence-electron chi connectivity index (χ3n) is 4.13. The third kappa shape index (κ3) is 5.49. The number of nitrogens with two attached hydrogens (primary N) is 2. The predicted molar refractivity (Wildman–Crippen MR) is 114 cm³/mol. The first-order valence-electron chi connectivity index (χ1n) is 8.12. The summed E-state index contributed by atoms with van der Waals surface area (Å²) in [5, 5.41) is 5.24. The Bertz CT molecular complexity index is 885. The van der Waals surface area contributed by atoms with Crippen LogP contribution in [0.15, 0.2) is 52.6 Å². The molecule has 1 aliphatic heterocycles. The van der Waals surface area contributed by atoms with Crippen LogP contribution in [0.3, 0.4) is 0 Å². The van der Waals surface area contributed by atoms with E-state index in [2.05, 4.69) is 19.9 Å². The summed E-state index contributed by atoms with van der Waals surface area (Å²) in [6.07, 6.45) is 3.43. The molecule has 0 radical (unpaired) electrons. The fourth-order valence-electron chi connectivity index (χ4n) is 2.77. The number of sulfonamides is 1. The Hall–Kier alpha value is -1.99. The van der Waals surface area contributed by atoms with Crippen LogP contribution >= 0.6 is 24.0 Å². The zero-order valence-corrected chi connectivity index (χ0v) is 17.7. The van der Waals surface area contributed by atoms with Gasteiger partial charge in [-0.3, -0.25) is 0 Å². The van der Waals surface area contributed by atoms with E-state index in [9.17, 15) is 8.42 Å².